The molecule has 1 aliphatic heterocycles. The number of aromatic nitrogens is 2. The van der Waals surface area contributed by atoms with Gasteiger partial charge in [-0.2, -0.15) is 4.98 Å². The summed E-state index contributed by atoms with van der Waals surface area (Å²) in [4.78, 5) is 19.1. The highest BCUT2D eigenvalue weighted by atomic mass is 16.5. The van der Waals surface area contributed by atoms with Crippen LogP contribution >= 0.6 is 0 Å². The summed E-state index contributed by atoms with van der Waals surface area (Å²) < 4.78 is 10.7. The van der Waals surface area contributed by atoms with E-state index in [2.05, 4.69) is 15.5 Å². The highest BCUT2D eigenvalue weighted by molar-refractivity contribution is 5.89. The molecular formula is C23H26N4O3. The van der Waals surface area contributed by atoms with Gasteiger partial charge < -0.3 is 19.5 Å². The summed E-state index contributed by atoms with van der Waals surface area (Å²) in [6.07, 6.45) is 2.65. The van der Waals surface area contributed by atoms with E-state index in [-0.39, 0.29) is 6.03 Å². The molecule has 0 radical (unpaired) electrons. The van der Waals surface area contributed by atoms with Gasteiger partial charge in [0, 0.05) is 36.8 Å². The Hall–Kier alpha value is -3.35. The third kappa shape index (κ3) is 4.62. The number of piperidine rings is 1. The van der Waals surface area contributed by atoms with Gasteiger partial charge in [0.15, 0.2) is 0 Å². The van der Waals surface area contributed by atoms with Crippen molar-refractivity contribution in [2.45, 2.75) is 26.2 Å². The third-order valence-corrected chi connectivity index (χ3v) is 5.44. The number of benzene rings is 2. The molecule has 1 atom stereocenters. The SMILES string of the molecule is COc1cccc(NC(=O)N2CCCC(Cc3nc(-c4ccccc4C)no3)C2)c1. The van der Waals surface area contributed by atoms with Crippen LogP contribution in [0.3, 0.4) is 0 Å². The second-order valence-corrected chi connectivity index (χ2v) is 7.65. The summed E-state index contributed by atoms with van der Waals surface area (Å²) in [5.41, 5.74) is 2.82. The Kier molecular flexibility index (Phi) is 5.97. The van der Waals surface area contributed by atoms with Gasteiger partial charge in [0.1, 0.15) is 5.75 Å². The predicted octanol–water partition coefficient (Wildman–Crippen LogP) is 4.54. The largest absolute Gasteiger partial charge is 0.497 e. The molecule has 7 nitrogen and oxygen atoms in total. The van der Waals surface area contributed by atoms with Crippen molar-refractivity contribution in [3.05, 3.63) is 60.0 Å². The van der Waals surface area contributed by atoms with Crippen LogP contribution in [0.25, 0.3) is 11.4 Å². The third-order valence-electron chi connectivity index (χ3n) is 5.44. The van der Waals surface area contributed by atoms with Crippen molar-refractivity contribution in [2.24, 2.45) is 5.92 Å². The Balaban J connectivity index is 1.37. The van der Waals surface area contributed by atoms with Gasteiger partial charge in [-0.3, -0.25) is 0 Å². The van der Waals surface area contributed by atoms with Crippen molar-refractivity contribution in [3.63, 3.8) is 0 Å². The van der Waals surface area contributed by atoms with Gasteiger partial charge in [0.05, 0.1) is 7.11 Å². The van der Waals surface area contributed by atoms with E-state index in [4.69, 9.17) is 9.26 Å². The van der Waals surface area contributed by atoms with Crippen LogP contribution in [0.15, 0.2) is 53.1 Å². The number of carbonyl (C=O) groups excluding carboxylic acids is 1. The number of carbonyl (C=O) groups is 1. The van der Waals surface area contributed by atoms with Crippen LogP contribution in [0.2, 0.25) is 0 Å². The van der Waals surface area contributed by atoms with E-state index in [1.165, 1.54) is 0 Å². The van der Waals surface area contributed by atoms with E-state index < -0.39 is 0 Å². The summed E-state index contributed by atoms with van der Waals surface area (Å²) >= 11 is 0. The van der Waals surface area contributed by atoms with E-state index in [1.54, 1.807) is 7.11 Å². The van der Waals surface area contributed by atoms with Crippen molar-refractivity contribution >= 4 is 11.7 Å². The van der Waals surface area contributed by atoms with E-state index in [1.807, 2.05) is 60.4 Å². The number of likely N-dealkylation sites (tertiary alicyclic amines) is 1. The topological polar surface area (TPSA) is 80.5 Å². The second kappa shape index (κ2) is 8.98. The zero-order valence-corrected chi connectivity index (χ0v) is 17.3. The molecule has 0 aliphatic carbocycles. The zero-order chi connectivity index (χ0) is 20.9. The van der Waals surface area contributed by atoms with Gasteiger partial charge in [-0.15, -0.1) is 0 Å². The highest BCUT2D eigenvalue weighted by Gasteiger charge is 2.26. The number of aryl methyl sites for hydroxylation is 1. The first-order valence-corrected chi connectivity index (χ1v) is 10.2. The molecule has 4 rings (SSSR count). The van der Waals surface area contributed by atoms with E-state index in [0.29, 0.717) is 36.3 Å². The van der Waals surface area contributed by atoms with Crippen LogP contribution < -0.4 is 10.1 Å². The lowest BCUT2D eigenvalue weighted by Gasteiger charge is -2.32. The molecule has 1 aliphatic rings. The summed E-state index contributed by atoms with van der Waals surface area (Å²) in [5.74, 6) is 2.24. The lowest BCUT2D eigenvalue weighted by Crippen LogP contribution is -2.42. The molecule has 0 bridgehead atoms. The number of nitrogens with zero attached hydrogens (tertiary/aromatic N) is 3. The first kappa shape index (κ1) is 19.9. The molecular weight excluding hydrogens is 380 g/mol. The summed E-state index contributed by atoms with van der Waals surface area (Å²) in [7, 11) is 1.61. The molecule has 1 saturated heterocycles. The number of ether oxygens (including phenoxy) is 1. The lowest BCUT2D eigenvalue weighted by molar-refractivity contribution is 0.173. The van der Waals surface area contributed by atoms with E-state index in [0.717, 1.165) is 36.2 Å². The van der Waals surface area contributed by atoms with Gasteiger partial charge in [-0.05, 0) is 43.4 Å². The molecule has 2 amide bonds. The fraction of sp³-hybridized carbons (Fsp3) is 0.348. The number of rotatable bonds is 5. The predicted molar refractivity (Wildman–Crippen MR) is 114 cm³/mol. The average molecular weight is 406 g/mol. The molecule has 1 aromatic heterocycles. The number of amides is 2. The van der Waals surface area contributed by atoms with Gasteiger partial charge in [-0.1, -0.05) is 35.5 Å². The average Bonchev–Trinajstić information content (AvgIpc) is 3.22. The van der Waals surface area contributed by atoms with Gasteiger partial charge in [-0.25, -0.2) is 4.79 Å². The molecule has 1 unspecified atom stereocenters. The normalized spacial score (nSPS) is 16.3. The van der Waals surface area contributed by atoms with Crippen molar-refractivity contribution in [2.75, 3.05) is 25.5 Å². The summed E-state index contributed by atoms with van der Waals surface area (Å²) in [5, 5.41) is 7.11. The number of hydrogen-bond acceptors (Lipinski definition) is 5. The molecule has 1 N–H and O–H groups in total. The molecule has 2 heterocycles. The smallest absolute Gasteiger partial charge is 0.321 e. The molecule has 30 heavy (non-hydrogen) atoms. The van der Waals surface area contributed by atoms with Crippen LogP contribution in [0.5, 0.6) is 5.75 Å². The minimum Gasteiger partial charge on any atom is -0.497 e. The first-order valence-electron chi connectivity index (χ1n) is 10.2. The number of hydrogen-bond donors (Lipinski definition) is 1. The van der Waals surface area contributed by atoms with Crippen molar-refractivity contribution in [1.29, 1.82) is 0 Å². The maximum atomic E-state index is 12.7. The van der Waals surface area contributed by atoms with Gasteiger partial charge in [0.2, 0.25) is 11.7 Å². The maximum Gasteiger partial charge on any atom is 0.321 e. The summed E-state index contributed by atoms with van der Waals surface area (Å²) in [6, 6.07) is 15.3. The van der Waals surface area contributed by atoms with Crippen molar-refractivity contribution in [1.82, 2.24) is 15.0 Å². The Morgan fingerprint density at radius 3 is 2.97 bits per heavy atom. The molecule has 3 aromatic rings. The van der Waals surface area contributed by atoms with Gasteiger partial charge in [0.25, 0.3) is 0 Å². The Morgan fingerprint density at radius 2 is 2.13 bits per heavy atom. The van der Waals surface area contributed by atoms with E-state index >= 15 is 0 Å². The molecule has 1 fully saturated rings. The summed E-state index contributed by atoms with van der Waals surface area (Å²) in [6.45, 7) is 3.44. The fourth-order valence-electron chi connectivity index (χ4n) is 3.84. The maximum absolute atomic E-state index is 12.7. The van der Waals surface area contributed by atoms with Crippen molar-refractivity contribution < 1.29 is 14.1 Å². The lowest BCUT2D eigenvalue weighted by atomic mass is 9.95. The van der Waals surface area contributed by atoms with Crippen LogP contribution in [-0.4, -0.2) is 41.3 Å². The molecule has 156 valence electrons. The highest BCUT2D eigenvalue weighted by Crippen LogP contribution is 2.24. The van der Waals surface area contributed by atoms with Gasteiger partial charge >= 0.3 is 6.03 Å². The number of urea groups is 1. The second-order valence-electron chi connectivity index (χ2n) is 7.65. The van der Waals surface area contributed by atoms with Crippen molar-refractivity contribution in [3.8, 4) is 17.1 Å². The minimum atomic E-state index is -0.0981. The molecule has 7 heteroatoms. The Bertz CT molecular complexity index is 1020. The molecule has 0 saturated carbocycles. The first-order chi connectivity index (χ1) is 14.6. The van der Waals surface area contributed by atoms with Crippen LogP contribution in [0.4, 0.5) is 10.5 Å². The van der Waals surface area contributed by atoms with Crippen LogP contribution in [0, 0.1) is 12.8 Å². The number of methoxy groups -OCH3 is 1. The molecule has 0 spiro atoms. The number of anilines is 1. The Morgan fingerprint density at radius 1 is 1.27 bits per heavy atom. The quantitative estimate of drug-likeness (QED) is 0.673. The monoisotopic (exact) mass is 406 g/mol. The standard InChI is InChI=1S/C23H26N4O3/c1-16-7-3-4-11-20(16)22-25-21(30-26-22)13-17-8-6-12-27(15-17)23(28)24-18-9-5-10-19(14-18)29-2/h3-5,7,9-11,14,17H,6,8,12-13,15H2,1-2H3,(H,24,28). The molecule has 2 aromatic carbocycles. The van der Waals surface area contributed by atoms with Crippen LogP contribution in [-0.2, 0) is 6.42 Å². The zero-order valence-electron chi connectivity index (χ0n) is 17.3. The van der Waals surface area contributed by atoms with E-state index in [9.17, 15) is 4.79 Å². The fourth-order valence-corrected chi connectivity index (χ4v) is 3.84. The minimum absolute atomic E-state index is 0.0981. The van der Waals surface area contributed by atoms with Crippen LogP contribution in [0.1, 0.15) is 24.3 Å². The Labute approximate surface area is 176 Å². The number of nitrogens with one attached hydrogen (secondary N) is 1.